The van der Waals surface area contributed by atoms with Crippen LogP contribution in [0.1, 0.15) is 27.3 Å². The molecule has 0 saturated carbocycles. The van der Waals surface area contributed by atoms with Gasteiger partial charge < -0.3 is 5.11 Å². The molecule has 0 fully saturated rings. The number of H-pyrrole nitrogens is 1. The molecule has 0 aliphatic rings. The minimum atomic E-state index is -2.63. The van der Waals surface area contributed by atoms with Crippen LogP contribution in [0.25, 0.3) is 0 Å². The normalized spacial score (nSPS) is 11.0. The second-order valence-corrected chi connectivity index (χ2v) is 4.67. The van der Waals surface area contributed by atoms with Crippen LogP contribution in [0.4, 0.5) is 8.78 Å². The first kappa shape index (κ1) is 14.5. The lowest BCUT2D eigenvalue weighted by molar-refractivity contribution is 0.0693. The SMILES string of the molecule is O=C(O)c1c(Cc2cccc(Cl)c2)n[nH]c1CC(F)F. The molecule has 0 spiro atoms. The first-order valence-electron chi connectivity index (χ1n) is 5.79. The van der Waals surface area contributed by atoms with Gasteiger partial charge in [-0.2, -0.15) is 5.10 Å². The van der Waals surface area contributed by atoms with E-state index in [4.69, 9.17) is 16.7 Å². The van der Waals surface area contributed by atoms with E-state index < -0.39 is 18.8 Å². The van der Waals surface area contributed by atoms with Crippen LogP contribution in [-0.2, 0) is 12.8 Å². The topological polar surface area (TPSA) is 66.0 Å². The molecule has 0 bridgehead atoms. The van der Waals surface area contributed by atoms with Crippen LogP contribution >= 0.6 is 11.6 Å². The van der Waals surface area contributed by atoms with Crippen molar-refractivity contribution in [2.75, 3.05) is 0 Å². The highest BCUT2D eigenvalue weighted by Crippen LogP contribution is 2.20. The number of hydrogen-bond donors (Lipinski definition) is 2. The lowest BCUT2D eigenvalue weighted by Gasteiger charge is -2.02. The summed E-state index contributed by atoms with van der Waals surface area (Å²) in [6, 6.07) is 6.86. The fourth-order valence-electron chi connectivity index (χ4n) is 1.94. The maximum Gasteiger partial charge on any atom is 0.339 e. The van der Waals surface area contributed by atoms with Gasteiger partial charge in [-0.1, -0.05) is 23.7 Å². The van der Waals surface area contributed by atoms with Gasteiger partial charge >= 0.3 is 5.97 Å². The molecule has 0 saturated heterocycles. The van der Waals surface area contributed by atoms with Crippen molar-refractivity contribution in [3.63, 3.8) is 0 Å². The number of aromatic amines is 1. The number of carbonyl (C=O) groups is 1. The summed E-state index contributed by atoms with van der Waals surface area (Å²) in [5, 5.41) is 15.9. The summed E-state index contributed by atoms with van der Waals surface area (Å²) in [5.41, 5.74) is 0.723. The number of halogens is 3. The van der Waals surface area contributed by atoms with Gasteiger partial charge in [-0.05, 0) is 17.7 Å². The maximum absolute atomic E-state index is 12.4. The van der Waals surface area contributed by atoms with E-state index in [0.717, 1.165) is 5.56 Å². The molecule has 2 N–H and O–H groups in total. The Balaban J connectivity index is 2.32. The third-order valence-electron chi connectivity index (χ3n) is 2.75. The number of rotatable bonds is 5. The summed E-state index contributed by atoms with van der Waals surface area (Å²) < 4.78 is 24.8. The van der Waals surface area contributed by atoms with Gasteiger partial charge in [0.05, 0.1) is 17.8 Å². The second-order valence-electron chi connectivity index (χ2n) is 4.23. The Morgan fingerprint density at radius 1 is 1.45 bits per heavy atom. The third-order valence-corrected chi connectivity index (χ3v) is 2.98. The van der Waals surface area contributed by atoms with E-state index in [1.807, 2.05) is 0 Å². The molecule has 2 rings (SSSR count). The monoisotopic (exact) mass is 300 g/mol. The molecule has 0 atom stereocenters. The van der Waals surface area contributed by atoms with Crippen molar-refractivity contribution in [3.05, 3.63) is 51.8 Å². The third kappa shape index (κ3) is 3.33. The molecule has 1 aromatic heterocycles. The molecule has 0 aliphatic heterocycles. The Labute approximate surface area is 118 Å². The number of hydrogen-bond acceptors (Lipinski definition) is 2. The number of alkyl halides is 2. The predicted molar refractivity (Wildman–Crippen MR) is 69.5 cm³/mol. The Morgan fingerprint density at radius 3 is 2.80 bits per heavy atom. The highest BCUT2D eigenvalue weighted by atomic mass is 35.5. The molecule has 0 aliphatic carbocycles. The summed E-state index contributed by atoms with van der Waals surface area (Å²) in [5.74, 6) is -1.27. The van der Waals surface area contributed by atoms with E-state index >= 15 is 0 Å². The van der Waals surface area contributed by atoms with Crippen LogP contribution in [-0.4, -0.2) is 27.7 Å². The highest BCUT2D eigenvalue weighted by molar-refractivity contribution is 6.30. The standard InChI is InChI=1S/C13H11ClF2N2O2/c14-8-3-1-2-7(4-8)5-9-12(13(19)20)10(18-17-9)6-11(15)16/h1-4,11H,5-6H2,(H,17,18)(H,19,20). The number of aromatic carboxylic acids is 1. The first-order chi connectivity index (χ1) is 9.47. The summed E-state index contributed by atoms with van der Waals surface area (Å²) in [7, 11) is 0. The van der Waals surface area contributed by atoms with Crippen LogP contribution in [0.2, 0.25) is 5.02 Å². The molecular weight excluding hydrogens is 290 g/mol. The van der Waals surface area contributed by atoms with Crippen molar-refractivity contribution in [2.45, 2.75) is 19.3 Å². The fraction of sp³-hybridized carbons (Fsp3) is 0.231. The van der Waals surface area contributed by atoms with Crippen molar-refractivity contribution < 1.29 is 18.7 Å². The Hall–Kier alpha value is -1.95. The summed E-state index contributed by atoms with van der Waals surface area (Å²) >= 11 is 5.84. The van der Waals surface area contributed by atoms with Crippen LogP contribution in [0, 0.1) is 0 Å². The number of nitrogens with zero attached hydrogens (tertiary/aromatic N) is 1. The van der Waals surface area contributed by atoms with Crippen LogP contribution < -0.4 is 0 Å². The highest BCUT2D eigenvalue weighted by Gasteiger charge is 2.22. The molecule has 2 aromatic rings. The summed E-state index contributed by atoms with van der Waals surface area (Å²) in [6.45, 7) is 0. The van der Waals surface area contributed by atoms with Gasteiger partial charge in [0.15, 0.2) is 0 Å². The van der Waals surface area contributed by atoms with E-state index in [9.17, 15) is 13.6 Å². The van der Waals surface area contributed by atoms with Crippen molar-refractivity contribution in [3.8, 4) is 0 Å². The van der Waals surface area contributed by atoms with E-state index in [2.05, 4.69) is 10.2 Å². The zero-order valence-electron chi connectivity index (χ0n) is 10.2. The molecule has 106 valence electrons. The van der Waals surface area contributed by atoms with E-state index in [1.165, 1.54) is 0 Å². The predicted octanol–water partition coefficient (Wildman–Crippen LogP) is 3.16. The van der Waals surface area contributed by atoms with Crippen molar-refractivity contribution in [2.24, 2.45) is 0 Å². The lowest BCUT2D eigenvalue weighted by atomic mass is 10.0. The van der Waals surface area contributed by atoms with Gasteiger partial charge in [-0.3, -0.25) is 5.10 Å². The second kappa shape index (κ2) is 6.00. The Morgan fingerprint density at radius 2 is 2.20 bits per heavy atom. The number of aromatic nitrogens is 2. The first-order valence-corrected chi connectivity index (χ1v) is 6.17. The van der Waals surface area contributed by atoms with Gasteiger partial charge in [-0.25, -0.2) is 13.6 Å². The quantitative estimate of drug-likeness (QED) is 0.891. The van der Waals surface area contributed by atoms with E-state index in [1.54, 1.807) is 24.3 Å². The van der Waals surface area contributed by atoms with E-state index in [0.29, 0.717) is 5.02 Å². The van der Waals surface area contributed by atoms with Gasteiger partial charge in [0.2, 0.25) is 6.43 Å². The smallest absolute Gasteiger partial charge is 0.339 e. The molecule has 0 unspecified atom stereocenters. The lowest BCUT2D eigenvalue weighted by Crippen LogP contribution is -2.07. The summed E-state index contributed by atoms with van der Waals surface area (Å²) in [6.07, 6.45) is -3.08. The summed E-state index contributed by atoms with van der Waals surface area (Å²) in [4.78, 5) is 11.2. The van der Waals surface area contributed by atoms with Gasteiger partial charge in [0, 0.05) is 11.4 Å². The molecular formula is C13H11ClF2N2O2. The molecule has 0 amide bonds. The van der Waals surface area contributed by atoms with Crippen molar-refractivity contribution >= 4 is 17.6 Å². The zero-order valence-corrected chi connectivity index (χ0v) is 11.0. The number of carboxylic acid groups (broad SMARTS) is 1. The average Bonchev–Trinajstić information content (AvgIpc) is 2.71. The number of nitrogens with one attached hydrogen (secondary N) is 1. The van der Waals surface area contributed by atoms with Gasteiger partial charge in [-0.15, -0.1) is 0 Å². The maximum atomic E-state index is 12.4. The largest absolute Gasteiger partial charge is 0.478 e. The molecule has 4 nitrogen and oxygen atoms in total. The molecule has 7 heteroatoms. The van der Waals surface area contributed by atoms with Crippen molar-refractivity contribution in [1.82, 2.24) is 10.2 Å². The molecule has 1 heterocycles. The fourth-order valence-corrected chi connectivity index (χ4v) is 2.16. The Kier molecular flexibility index (Phi) is 4.34. The number of carboxylic acids is 1. The molecule has 1 aromatic carbocycles. The zero-order chi connectivity index (χ0) is 14.7. The molecule has 0 radical (unpaired) electrons. The van der Waals surface area contributed by atoms with Crippen LogP contribution in [0.15, 0.2) is 24.3 Å². The van der Waals surface area contributed by atoms with E-state index in [-0.39, 0.29) is 23.4 Å². The Bertz CT molecular complexity index is 629. The van der Waals surface area contributed by atoms with Gasteiger partial charge in [0.25, 0.3) is 0 Å². The average molecular weight is 301 g/mol. The van der Waals surface area contributed by atoms with Crippen molar-refractivity contribution in [1.29, 1.82) is 0 Å². The number of benzene rings is 1. The molecule has 20 heavy (non-hydrogen) atoms. The van der Waals surface area contributed by atoms with Crippen LogP contribution in [0.3, 0.4) is 0 Å². The minimum absolute atomic E-state index is 0.0653. The minimum Gasteiger partial charge on any atom is -0.478 e. The van der Waals surface area contributed by atoms with Crippen LogP contribution in [0.5, 0.6) is 0 Å². The van der Waals surface area contributed by atoms with Gasteiger partial charge in [0.1, 0.15) is 5.56 Å².